The minimum absolute atomic E-state index is 0.184. The molecule has 0 bridgehead atoms. The van der Waals surface area contributed by atoms with Gasteiger partial charge in [-0.3, -0.25) is 0 Å². The average molecular weight is 210 g/mol. The molecule has 14 heavy (non-hydrogen) atoms. The van der Waals surface area contributed by atoms with E-state index < -0.39 is 12.6 Å². The quantitative estimate of drug-likeness (QED) is 0.672. The third kappa shape index (κ3) is 5.44. The molecule has 2 N–H and O–H groups in total. The van der Waals surface area contributed by atoms with Gasteiger partial charge in [-0.25, -0.2) is 0 Å². The van der Waals surface area contributed by atoms with Crippen molar-refractivity contribution in [2.45, 2.75) is 25.4 Å². The van der Waals surface area contributed by atoms with Gasteiger partial charge < -0.3 is 10.6 Å². The molecule has 0 amide bonds. The molecular formula is C9H17F3N2. The van der Waals surface area contributed by atoms with Gasteiger partial charge in [-0.05, 0) is 44.9 Å². The smallest absolute Gasteiger partial charge is 0.316 e. The Morgan fingerprint density at radius 3 is 2.71 bits per heavy atom. The van der Waals surface area contributed by atoms with E-state index in [-0.39, 0.29) is 6.42 Å². The van der Waals surface area contributed by atoms with Crippen LogP contribution < -0.4 is 10.6 Å². The zero-order valence-corrected chi connectivity index (χ0v) is 8.16. The Morgan fingerprint density at radius 1 is 1.36 bits per heavy atom. The van der Waals surface area contributed by atoms with Crippen molar-refractivity contribution in [1.82, 2.24) is 10.6 Å². The summed E-state index contributed by atoms with van der Waals surface area (Å²) in [5, 5.41) is 6.28. The first kappa shape index (κ1) is 11.8. The molecule has 5 heteroatoms. The molecule has 1 fully saturated rings. The van der Waals surface area contributed by atoms with Crippen molar-refractivity contribution in [2.75, 3.05) is 26.2 Å². The molecule has 1 heterocycles. The maximum Gasteiger partial charge on any atom is 0.389 e. The second kappa shape index (κ2) is 5.56. The lowest BCUT2D eigenvalue weighted by atomic mass is 10.1. The van der Waals surface area contributed by atoms with Crippen LogP contribution in [0.25, 0.3) is 0 Å². The van der Waals surface area contributed by atoms with Crippen LogP contribution >= 0.6 is 0 Å². The van der Waals surface area contributed by atoms with Gasteiger partial charge in [0, 0.05) is 6.42 Å². The van der Waals surface area contributed by atoms with Gasteiger partial charge in [-0.2, -0.15) is 13.2 Å². The number of nitrogens with one attached hydrogen (secondary N) is 2. The van der Waals surface area contributed by atoms with Gasteiger partial charge in [0.25, 0.3) is 0 Å². The summed E-state index contributed by atoms with van der Waals surface area (Å²) in [5.74, 6) is 0.598. The summed E-state index contributed by atoms with van der Waals surface area (Å²) >= 11 is 0. The fourth-order valence-corrected chi connectivity index (χ4v) is 1.61. The number of hydrogen-bond acceptors (Lipinski definition) is 2. The molecule has 1 aliphatic rings. The summed E-state index contributed by atoms with van der Waals surface area (Å²) < 4.78 is 35.2. The van der Waals surface area contributed by atoms with E-state index in [0.717, 1.165) is 26.1 Å². The number of halogens is 3. The molecule has 84 valence electrons. The fourth-order valence-electron chi connectivity index (χ4n) is 1.61. The molecule has 1 rings (SSSR count). The Balaban J connectivity index is 1.89. The Morgan fingerprint density at radius 2 is 2.14 bits per heavy atom. The summed E-state index contributed by atoms with van der Waals surface area (Å²) in [6.07, 6.45) is -3.37. The first-order valence-electron chi connectivity index (χ1n) is 5.06. The Hall–Kier alpha value is -0.290. The minimum atomic E-state index is -4.00. The highest BCUT2D eigenvalue weighted by Crippen LogP contribution is 2.20. The Bertz CT molecular complexity index is 153. The molecule has 0 aromatic rings. The third-order valence-corrected chi connectivity index (χ3v) is 2.41. The third-order valence-electron chi connectivity index (χ3n) is 2.41. The number of rotatable bonds is 5. The molecule has 0 radical (unpaired) electrons. The standard InChI is InChI=1S/C9H17F3N2/c10-9(11,12)3-1-4-13-6-8-2-5-14-7-8/h8,13-14H,1-7H2. The van der Waals surface area contributed by atoms with Gasteiger partial charge in [0.2, 0.25) is 0 Å². The van der Waals surface area contributed by atoms with Gasteiger partial charge >= 0.3 is 6.18 Å². The highest BCUT2D eigenvalue weighted by Gasteiger charge is 2.25. The van der Waals surface area contributed by atoms with E-state index in [1.165, 1.54) is 0 Å². The van der Waals surface area contributed by atoms with E-state index in [1.54, 1.807) is 0 Å². The summed E-state index contributed by atoms with van der Waals surface area (Å²) in [4.78, 5) is 0. The maximum absolute atomic E-state index is 11.7. The van der Waals surface area contributed by atoms with Gasteiger partial charge in [-0.1, -0.05) is 0 Å². The molecule has 0 aromatic heterocycles. The summed E-state index contributed by atoms with van der Waals surface area (Å²) in [6, 6.07) is 0. The van der Waals surface area contributed by atoms with Crippen molar-refractivity contribution in [1.29, 1.82) is 0 Å². The first-order chi connectivity index (χ1) is 6.58. The molecule has 1 saturated heterocycles. The first-order valence-corrected chi connectivity index (χ1v) is 5.06. The van der Waals surface area contributed by atoms with E-state index in [1.807, 2.05) is 0 Å². The van der Waals surface area contributed by atoms with Gasteiger partial charge in [0.1, 0.15) is 0 Å². The summed E-state index contributed by atoms with van der Waals surface area (Å²) in [5.41, 5.74) is 0. The molecule has 0 saturated carbocycles. The van der Waals surface area contributed by atoms with Crippen molar-refractivity contribution >= 4 is 0 Å². The molecule has 2 nitrogen and oxygen atoms in total. The monoisotopic (exact) mass is 210 g/mol. The highest BCUT2D eigenvalue weighted by atomic mass is 19.4. The number of alkyl halides is 3. The maximum atomic E-state index is 11.7. The minimum Gasteiger partial charge on any atom is -0.316 e. The lowest BCUT2D eigenvalue weighted by Gasteiger charge is -2.10. The van der Waals surface area contributed by atoms with Crippen molar-refractivity contribution in [3.8, 4) is 0 Å². The second-order valence-electron chi connectivity index (χ2n) is 3.78. The van der Waals surface area contributed by atoms with Crippen LogP contribution in [0.5, 0.6) is 0 Å². The predicted octanol–water partition coefficient (Wildman–Crippen LogP) is 1.53. The van der Waals surface area contributed by atoms with Crippen LogP contribution in [0.4, 0.5) is 13.2 Å². The SMILES string of the molecule is FC(F)(F)CCCNCC1CCNC1. The summed E-state index contributed by atoms with van der Waals surface area (Å²) in [6.45, 7) is 3.34. The molecule has 0 aliphatic carbocycles. The molecule has 0 aromatic carbocycles. The highest BCUT2D eigenvalue weighted by molar-refractivity contribution is 4.72. The summed E-state index contributed by atoms with van der Waals surface area (Å²) in [7, 11) is 0. The van der Waals surface area contributed by atoms with Crippen LogP contribution in [0, 0.1) is 5.92 Å². The van der Waals surface area contributed by atoms with Gasteiger partial charge in [0.05, 0.1) is 0 Å². The molecule has 1 unspecified atom stereocenters. The lowest BCUT2D eigenvalue weighted by Crippen LogP contribution is -2.26. The van der Waals surface area contributed by atoms with E-state index in [9.17, 15) is 13.2 Å². The van der Waals surface area contributed by atoms with Crippen LogP contribution in [-0.2, 0) is 0 Å². The van der Waals surface area contributed by atoms with Gasteiger partial charge in [0.15, 0.2) is 0 Å². The van der Waals surface area contributed by atoms with E-state index in [2.05, 4.69) is 10.6 Å². The van der Waals surface area contributed by atoms with Crippen LogP contribution in [0.3, 0.4) is 0 Å². The zero-order valence-electron chi connectivity index (χ0n) is 8.16. The number of hydrogen-bond donors (Lipinski definition) is 2. The fraction of sp³-hybridized carbons (Fsp3) is 1.00. The van der Waals surface area contributed by atoms with E-state index in [0.29, 0.717) is 12.5 Å². The Labute approximate surface area is 82.2 Å². The van der Waals surface area contributed by atoms with Crippen molar-refractivity contribution in [2.24, 2.45) is 5.92 Å². The topological polar surface area (TPSA) is 24.1 Å². The second-order valence-corrected chi connectivity index (χ2v) is 3.78. The molecule has 1 atom stereocenters. The van der Waals surface area contributed by atoms with Crippen LogP contribution in [0.1, 0.15) is 19.3 Å². The largest absolute Gasteiger partial charge is 0.389 e. The average Bonchev–Trinajstić information content (AvgIpc) is 2.54. The normalized spacial score (nSPS) is 22.9. The molecule has 1 aliphatic heterocycles. The van der Waals surface area contributed by atoms with Crippen molar-refractivity contribution < 1.29 is 13.2 Å². The Kier molecular flexibility index (Phi) is 4.68. The molecule has 0 spiro atoms. The van der Waals surface area contributed by atoms with Crippen molar-refractivity contribution in [3.63, 3.8) is 0 Å². The predicted molar refractivity (Wildman–Crippen MR) is 49.1 cm³/mol. The lowest BCUT2D eigenvalue weighted by molar-refractivity contribution is -0.135. The zero-order chi connectivity index (χ0) is 10.4. The van der Waals surface area contributed by atoms with Crippen LogP contribution in [0.15, 0.2) is 0 Å². The van der Waals surface area contributed by atoms with Crippen LogP contribution in [0.2, 0.25) is 0 Å². The molecular weight excluding hydrogens is 193 g/mol. The van der Waals surface area contributed by atoms with Gasteiger partial charge in [-0.15, -0.1) is 0 Å². The van der Waals surface area contributed by atoms with Crippen molar-refractivity contribution in [3.05, 3.63) is 0 Å². The van der Waals surface area contributed by atoms with Crippen LogP contribution in [-0.4, -0.2) is 32.4 Å². The van der Waals surface area contributed by atoms with E-state index >= 15 is 0 Å². The van der Waals surface area contributed by atoms with E-state index in [4.69, 9.17) is 0 Å².